The van der Waals surface area contributed by atoms with Crippen molar-refractivity contribution in [2.45, 2.75) is 32.4 Å². The third-order valence-corrected chi connectivity index (χ3v) is 1.32. The second-order valence-electron chi connectivity index (χ2n) is 3.83. The van der Waals surface area contributed by atoms with E-state index in [0.717, 1.165) is 0 Å². The molecule has 0 saturated heterocycles. The highest BCUT2D eigenvalue weighted by molar-refractivity contribution is 5.83. The zero-order chi connectivity index (χ0) is 11.4. The predicted octanol–water partition coefficient (Wildman–Crippen LogP) is -0.0770. The summed E-state index contributed by atoms with van der Waals surface area (Å²) in [6.45, 7) is 5.33. The van der Waals surface area contributed by atoms with Gasteiger partial charge in [0.15, 0.2) is 0 Å². The molecule has 0 spiro atoms. The molecule has 2 amide bonds. The first-order valence-electron chi connectivity index (χ1n) is 4.15. The van der Waals surface area contributed by atoms with Crippen molar-refractivity contribution in [1.82, 2.24) is 5.32 Å². The molecule has 4 N–H and O–H groups in total. The lowest BCUT2D eigenvalue weighted by atomic mass is 10.2. The van der Waals surface area contributed by atoms with Crippen molar-refractivity contribution in [1.29, 1.82) is 0 Å². The molecule has 0 heterocycles. The van der Waals surface area contributed by atoms with Crippen molar-refractivity contribution in [2.75, 3.05) is 6.61 Å². The van der Waals surface area contributed by atoms with Gasteiger partial charge in [-0.1, -0.05) is 0 Å². The first-order chi connectivity index (χ1) is 6.22. The summed E-state index contributed by atoms with van der Waals surface area (Å²) in [5.41, 5.74) is 4.53. The molecule has 0 aliphatic rings. The van der Waals surface area contributed by atoms with E-state index in [4.69, 9.17) is 15.6 Å². The number of amides is 2. The lowest BCUT2D eigenvalue weighted by Crippen LogP contribution is -2.48. The molecule has 82 valence electrons. The van der Waals surface area contributed by atoms with Crippen LogP contribution in [-0.2, 0) is 9.53 Å². The average Bonchev–Trinajstić information content (AvgIpc) is 1.94. The minimum atomic E-state index is -1.30. The van der Waals surface area contributed by atoms with E-state index < -0.39 is 23.6 Å². The summed E-state index contributed by atoms with van der Waals surface area (Å²) < 4.78 is 5.23. The monoisotopic (exact) mass is 204 g/mol. The summed E-state index contributed by atoms with van der Waals surface area (Å²) in [5, 5.41) is 10.4. The highest BCUT2D eigenvalue weighted by Gasteiger charge is 2.21. The van der Waals surface area contributed by atoms with Gasteiger partial charge in [-0.05, 0) is 20.8 Å². The van der Waals surface area contributed by atoms with Gasteiger partial charge >= 0.3 is 6.09 Å². The third-order valence-electron chi connectivity index (χ3n) is 1.32. The number of primary amides is 1. The van der Waals surface area contributed by atoms with Gasteiger partial charge in [-0.2, -0.15) is 0 Å². The maximum atomic E-state index is 10.8. The van der Waals surface area contributed by atoms with Gasteiger partial charge in [-0.25, -0.2) is 4.79 Å². The molecule has 14 heavy (non-hydrogen) atoms. The maximum absolute atomic E-state index is 10.8. The fourth-order valence-electron chi connectivity index (χ4n) is 0.677. The van der Waals surface area contributed by atoms with Gasteiger partial charge in [-0.15, -0.1) is 0 Å². The van der Waals surface area contributed by atoms with E-state index in [0.29, 0.717) is 0 Å². The van der Waals surface area contributed by atoms with Crippen LogP contribution in [-0.4, -0.2) is 35.4 Å². The number of rotatable bonds is 4. The first kappa shape index (κ1) is 12.7. The molecule has 0 fully saturated rings. The average molecular weight is 204 g/mol. The van der Waals surface area contributed by atoms with Gasteiger partial charge < -0.3 is 20.9 Å². The number of carboxylic acid groups (broad SMARTS) is 1. The van der Waals surface area contributed by atoms with Crippen molar-refractivity contribution < 1.29 is 19.4 Å². The van der Waals surface area contributed by atoms with Gasteiger partial charge in [0.1, 0.15) is 6.04 Å². The molecule has 0 aromatic carbocycles. The summed E-state index contributed by atoms with van der Waals surface area (Å²) >= 11 is 0. The van der Waals surface area contributed by atoms with Gasteiger partial charge in [-0.3, -0.25) is 4.79 Å². The summed E-state index contributed by atoms with van der Waals surface area (Å²) in [6.07, 6.45) is -1.30. The first-order valence-corrected chi connectivity index (χ1v) is 4.15. The summed E-state index contributed by atoms with van der Waals surface area (Å²) in [5.74, 6) is -0.753. The van der Waals surface area contributed by atoms with Crippen LogP contribution in [0, 0.1) is 0 Å². The molecule has 0 radical (unpaired) electrons. The molecule has 1 atom stereocenters. The van der Waals surface area contributed by atoms with E-state index in [1.54, 1.807) is 20.8 Å². The molecular formula is C8H16N2O4. The SMILES string of the molecule is CC(C)(C)OCC(NC(=O)O)C(N)=O. The number of hydrogen-bond donors (Lipinski definition) is 3. The smallest absolute Gasteiger partial charge is 0.405 e. The van der Waals surface area contributed by atoms with E-state index in [-0.39, 0.29) is 6.61 Å². The Morgan fingerprint density at radius 2 is 2.00 bits per heavy atom. The Morgan fingerprint density at radius 3 is 2.29 bits per heavy atom. The van der Waals surface area contributed by atoms with Crippen LogP contribution in [0.2, 0.25) is 0 Å². The normalized spacial score (nSPS) is 13.4. The Bertz CT molecular complexity index is 222. The van der Waals surface area contributed by atoms with E-state index in [1.165, 1.54) is 0 Å². The molecule has 0 saturated carbocycles. The standard InChI is InChI=1S/C8H16N2O4/c1-8(2,3)14-4-5(6(9)11)10-7(12)13/h5,10H,4H2,1-3H3,(H2,9,11)(H,12,13). The minimum absolute atomic E-state index is 0.0644. The molecule has 0 aromatic heterocycles. The Hall–Kier alpha value is -1.30. The molecule has 6 nitrogen and oxygen atoms in total. The van der Waals surface area contributed by atoms with Crippen molar-refractivity contribution in [2.24, 2.45) is 5.73 Å². The predicted molar refractivity (Wildman–Crippen MR) is 49.8 cm³/mol. The van der Waals surface area contributed by atoms with Gasteiger partial charge in [0.05, 0.1) is 12.2 Å². The topological polar surface area (TPSA) is 102 Å². The molecule has 1 unspecified atom stereocenters. The number of ether oxygens (including phenoxy) is 1. The van der Waals surface area contributed by atoms with E-state index in [9.17, 15) is 9.59 Å². The van der Waals surface area contributed by atoms with E-state index >= 15 is 0 Å². The number of carbonyl (C=O) groups is 2. The maximum Gasteiger partial charge on any atom is 0.405 e. The number of nitrogens with one attached hydrogen (secondary N) is 1. The largest absolute Gasteiger partial charge is 0.465 e. The highest BCUT2D eigenvalue weighted by atomic mass is 16.5. The molecule has 0 rings (SSSR count). The lowest BCUT2D eigenvalue weighted by molar-refractivity contribution is -0.122. The minimum Gasteiger partial charge on any atom is -0.465 e. The summed E-state index contributed by atoms with van der Waals surface area (Å²) in [7, 11) is 0. The molecule has 0 bridgehead atoms. The third kappa shape index (κ3) is 6.24. The zero-order valence-electron chi connectivity index (χ0n) is 8.53. The quantitative estimate of drug-likeness (QED) is 0.596. The van der Waals surface area contributed by atoms with E-state index in [2.05, 4.69) is 0 Å². The van der Waals surface area contributed by atoms with Crippen LogP contribution in [0.25, 0.3) is 0 Å². The lowest BCUT2D eigenvalue weighted by Gasteiger charge is -2.22. The van der Waals surface area contributed by atoms with Crippen LogP contribution in [0.3, 0.4) is 0 Å². The van der Waals surface area contributed by atoms with Crippen molar-refractivity contribution in [3.63, 3.8) is 0 Å². The Balaban J connectivity index is 4.11. The van der Waals surface area contributed by atoms with Crippen molar-refractivity contribution in [3.05, 3.63) is 0 Å². The molecule has 0 aliphatic carbocycles. The van der Waals surface area contributed by atoms with Crippen molar-refractivity contribution >= 4 is 12.0 Å². The second kappa shape index (κ2) is 4.80. The fraction of sp³-hybridized carbons (Fsp3) is 0.750. The number of hydrogen-bond acceptors (Lipinski definition) is 3. The highest BCUT2D eigenvalue weighted by Crippen LogP contribution is 2.06. The van der Waals surface area contributed by atoms with Crippen LogP contribution >= 0.6 is 0 Å². The summed E-state index contributed by atoms with van der Waals surface area (Å²) in [6, 6.07) is -1.01. The number of nitrogens with two attached hydrogens (primary N) is 1. The summed E-state index contributed by atoms with van der Waals surface area (Å²) in [4.78, 5) is 21.0. The number of carbonyl (C=O) groups excluding carboxylic acids is 1. The molecule has 0 aromatic rings. The van der Waals surface area contributed by atoms with Gasteiger partial charge in [0.2, 0.25) is 5.91 Å². The van der Waals surface area contributed by atoms with Gasteiger partial charge in [0.25, 0.3) is 0 Å². The molecule has 6 heteroatoms. The van der Waals surface area contributed by atoms with Crippen LogP contribution < -0.4 is 11.1 Å². The molecule has 0 aliphatic heterocycles. The zero-order valence-corrected chi connectivity index (χ0v) is 8.53. The Morgan fingerprint density at radius 1 is 1.50 bits per heavy atom. The van der Waals surface area contributed by atoms with Gasteiger partial charge in [0, 0.05) is 0 Å². The van der Waals surface area contributed by atoms with Crippen LogP contribution in [0.5, 0.6) is 0 Å². The van der Waals surface area contributed by atoms with E-state index in [1.807, 2.05) is 5.32 Å². The van der Waals surface area contributed by atoms with Crippen LogP contribution in [0.1, 0.15) is 20.8 Å². The second-order valence-corrected chi connectivity index (χ2v) is 3.83. The Kier molecular flexibility index (Phi) is 4.36. The van der Waals surface area contributed by atoms with Crippen molar-refractivity contribution in [3.8, 4) is 0 Å². The Labute approximate surface area is 82.4 Å². The fourth-order valence-corrected chi connectivity index (χ4v) is 0.677. The van der Waals surface area contributed by atoms with Crippen LogP contribution in [0.4, 0.5) is 4.79 Å². The van der Waals surface area contributed by atoms with Crippen LogP contribution in [0.15, 0.2) is 0 Å². The molecular weight excluding hydrogens is 188 g/mol.